The van der Waals surface area contributed by atoms with Gasteiger partial charge in [0.15, 0.2) is 0 Å². The van der Waals surface area contributed by atoms with Gasteiger partial charge >= 0.3 is 0 Å². The molecule has 0 atom stereocenters. The Balaban J connectivity index is 1.88. The van der Waals surface area contributed by atoms with Gasteiger partial charge in [-0.05, 0) is 43.2 Å². The molecule has 1 amide bonds. The van der Waals surface area contributed by atoms with Crippen LogP contribution < -0.4 is 5.32 Å². The molecule has 0 spiro atoms. The third kappa shape index (κ3) is 3.80. The zero-order valence-corrected chi connectivity index (χ0v) is 11.4. The Kier molecular flexibility index (Phi) is 4.53. The van der Waals surface area contributed by atoms with Crippen molar-refractivity contribution in [2.75, 3.05) is 6.54 Å². The normalized spacial score (nSPS) is 10.2. The molecule has 3 nitrogen and oxygen atoms in total. The molecule has 0 bridgehead atoms. The molecule has 4 heteroatoms. The molecule has 1 heterocycles. The molecule has 0 radical (unpaired) electrons. The number of aryl methyl sites for hydroxylation is 1. The molecule has 2 rings (SSSR count). The number of rotatable bonds is 4. The summed E-state index contributed by atoms with van der Waals surface area (Å²) in [4.78, 5) is 16.0. The van der Waals surface area contributed by atoms with Crippen LogP contribution in [0.3, 0.4) is 0 Å². The summed E-state index contributed by atoms with van der Waals surface area (Å²) >= 11 is 5.82. The largest absolute Gasteiger partial charge is 0.352 e. The number of hydrogen-bond donors (Lipinski definition) is 1. The van der Waals surface area contributed by atoms with Gasteiger partial charge in [-0.2, -0.15) is 0 Å². The molecule has 2 aromatic rings. The van der Waals surface area contributed by atoms with E-state index < -0.39 is 0 Å². The first-order chi connectivity index (χ1) is 9.16. The Morgan fingerprint density at radius 3 is 2.68 bits per heavy atom. The molecule has 1 aromatic heterocycles. The number of aromatic nitrogens is 1. The summed E-state index contributed by atoms with van der Waals surface area (Å²) in [5.74, 6) is -0.0837. The molecule has 98 valence electrons. The van der Waals surface area contributed by atoms with E-state index in [0.717, 1.165) is 22.7 Å². The second-order valence-corrected chi connectivity index (χ2v) is 4.71. The van der Waals surface area contributed by atoms with E-state index in [4.69, 9.17) is 11.6 Å². The van der Waals surface area contributed by atoms with Crippen LogP contribution in [0.15, 0.2) is 42.6 Å². The Labute approximate surface area is 117 Å². The van der Waals surface area contributed by atoms with Crippen LogP contribution in [0, 0.1) is 6.92 Å². The highest BCUT2D eigenvalue weighted by Crippen LogP contribution is 2.09. The van der Waals surface area contributed by atoms with Crippen molar-refractivity contribution >= 4 is 17.5 Å². The maximum absolute atomic E-state index is 11.9. The van der Waals surface area contributed by atoms with Crippen LogP contribution in [-0.4, -0.2) is 17.4 Å². The van der Waals surface area contributed by atoms with Gasteiger partial charge in [0.25, 0.3) is 5.91 Å². The number of pyridine rings is 1. The Bertz CT molecular complexity index is 567. The number of benzene rings is 1. The van der Waals surface area contributed by atoms with Gasteiger partial charge in [-0.25, -0.2) is 0 Å². The molecule has 0 fully saturated rings. The minimum absolute atomic E-state index is 0.0837. The van der Waals surface area contributed by atoms with Gasteiger partial charge in [-0.3, -0.25) is 9.78 Å². The van der Waals surface area contributed by atoms with E-state index in [1.54, 1.807) is 18.3 Å². The predicted octanol–water partition coefficient (Wildman–Crippen LogP) is 3.02. The second-order valence-electron chi connectivity index (χ2n) is 4.27. The number of carbonyl (C=O) groups excluding carboxylic acids is 1. The zero-order chi connectivity index (χ0) is 13.7. The van der Waals surface area contributed by atoms with E-state index in [1.165, 1.54) is 0 Å². The highest BCUT2D eigenvalue weighted by molar-refractivity contribution is 6.30. The molecule has 1 N–H and O–H groups in total. The molecule has 0 aliphatic rings. The van der Waals surface area contributed by atoms with E-state index in [1.807, 2.05) is 31.2 Å². The number of carbonyl (C=O) groups is 1. The first kappa shape index (κ1) is 13.6. The van der Waals surface area contributed by atoms with Crippen molar-refractivity contribution in [2.24, 2.45) is 0 Å². The van der Waals surface area contributed by atoms with Gasteiger partial charge in [-0.1, -0.05) is 23.7 Å². The average molecular weight is 275 g/mol. The summed E-state index contributed by atoms with van der Waals surface area (Å²) in [6, 6.07) is 11.2. The standard InChI is InChI=1S/C15H15ClN2O/c1-11-14(3-2-9-17-11)15(19)18-10-8-12-4-6-13(16)7-5-12/h2-7,9H,8,10H2,1H3,(H,18,19). The molecule has 0 saturated carbocycles. The van der Waals surface area contributed by atoms with Crippen molar-refractivity contribution < 1.29 is 4.79 Å². The molecule has 19 heavy (non-hydrogen) atoms. The first-order valence-corrected chi connectivity index (χ1v) is 6.49. The quantitative estimate of drug-likeness (QED) is 0.931. The minimum atomic E-state index is -0.0837. The van der Waals surface area contributed by atoms with Gasteiger partial charge < -0.3 is 5.32 Å². The SMILES string of the molecule is Cc1ncccc1C(=O)NCCc1ccc(Cl)cc1. The van der Waals surface area contributed by atoms with E-state index in [-0.39, 0.29) is 5.91 Å². The molecule has 0 aliphatic carbocycles. The van der Waals surface area contributed by atoms with Crippen LogP contribution >= 0.6 is 11.6 Å². The molecule has 0 saturated heterocycles. The number of amides is 1. The van der Waals surface area contributed by atoms with Gasteiger partial charge in [0.05, 0.1) is 5.56 Å². The lowest BCUT2D eigenvalue weighted by atomic mass is 10.1. The van der Waals surface area contributed by atoms with Crippen LogP contribution in [0.4, 0.5) is 0 Å². The van der Waals surface area contributed by atoms with Crippen molar-refractivity contribution in [2.45, 2.75) is 13.3 Å². The van der Waals surface area contributed by atoms with Crippen molar-refractivity contribution in [3.8, 4) is 0 Å². The monoisotopic (exact) mass is 274 g/mol. The van der Waals surface area contributed by atoms with Crippen LogP contribution in [0.1, 0.15) is 21.6 Å². The van der Waals surface area contributed by atoms with E-state index >= 15 is 0 Å². The van der Waals surface area contributed by atoms with Crippen molar-refractivity contribution in [3.63, 3.8) is 0 Å². The molecular weight excluding hydrogens is 260 g/mol. The molecule has 0 aliphatic heterocycles. The van der Waals surface area contributed by atoms with Gasteiger partial charge in [0.2, 0.25) is 0 Å². The number of halogens is 1. The minimum Gasteiger partial charge on any atom is -0.352 e. The van der Waals surface area contributed by atoms with Gasteiger partial charge in [0.1, 0.15) is 0 Å². The Hall–Kier alpha value is -1.87. The maximum atomic E-state index is 11.9. The van der Waals surface area contributed by atoms with Crippen molar-refractivity contribution in [1.82, 2.24) is 10.3 Å². The molecule has 1 aromatic carbocycles. The second kappa shape index (κ2) is 6.34. The lowest BCUT2D eigenvalue weighted by Crippen LogP contribution is -2.26. The fourth-order valence-electron chi connectivity index (χ4n) is 1.79. The van der Waals surface area contributed by atoms with E-state index in [0.29, 0.717) is 12.1 Å². The summed E-state index contributed by atoms with van der Waals surface area (Å²) in [7, 11) is 0. The first-order valence-electron chi connectivity index (χ1n) is 6.11. The van der Waals surface area contributed by atoms with Crippen LogP contribution in [0.25, 0.3) is 0 Å². The van der Waals surface area contributed by atoms with Crippen molar-refractivity contribution in [1.29, 1.82) is 0 Å². The summed E-state index contributed by atoms with van der Waals surface area (Å²) in [6.45, 7) is 2.42. The van der Waals surface area contributed by atoms with Crippen LogP contribution in [0.5, 0.6) is 0 Å². The fourth-order valence-corrected chi connectivity index (χ4v) is 1.92. The smallest absolute Gasteiger partial charge is 0.253 e. The van der Waals surface area contributed by atoms with Crippen LogP contribution in [0.2, 0.25) is 5.02 Å². The summed E-state index contributed by atoms with van der Waals surface area (Å²) in [6.07, 6.45) is 2.46. The lowest BCUT2D eigenvalue weighted by Gasteiger charge is -2.07. The van der Waals surface area contributed by atoms with E-state index in [9.17, 15) is 4.79 Å². The predicted molar refractivity (Wildman–Crippen MR) is 76.5 cm³/mol. The summed E-state index contributed by atoms with van der Waals surface area (Å²) in [5, 5.41) is 3.61. The summed E-state index contributed by atoms with van der Waals surface area (Å²) in [5.41, 5.74) is 2.51. The van der Waals surface area contributed by atoms with Gasteiger partial charge in [-0.15, -0.1) is 0 Å². The number of nitrogens with one attached hydrogen (secondary N) is 1. The Morgan fingerprint density at radius 1 is 1.26 bits per heavy atom. The fraction of sp³-hybridized carbons (Fsp3) is 0.200. The van der Waals surface area contributed by atoms with Crippen LogP contribution in [-0.2, 0) is 6.42 Å². The molecule has 0 unspecified atom stereocenters. The highest BCUT2D eigenvalue weighted by atomic mass is 35.5. The third-order valence-electron chi connectivity index (χ3n) is 2.86. The average Bonchev–Trinajstić information content (AvgIpc) is 2.41. The van der Waals surface area contributed by atoms with Gasteiger partial charge in [0, 0.05) is 23.5 Å². The highest BCUT2D eigenvalue weighted by Gasteiger charge is 2.07. The molecular formula is C15H15ClN2O. The number of hydrogen-bond acceptors (Lipinski definition) is 2. The third-order valence-corrected chi connectivity index (χ3v) is 3.12. The Morgan fingerprint density at radius 2 is 2.00 bits per heavy atom. The lowest BCUT2D eigenvalue weighted by molar-refractivity contribution is 0.0953. The maximum Gasteiger partial charge on any atom is 0.253 e. The zero-order valence-electron chi connectivity index (χ0n) is 10.7. The van der Waals surface area contributed by atoms with E-state index in [2.05, 4.69) is 10.3 Å². The summed E-state index contributed by atoms with van der Waals surface area (Å²) < 4.78 is 0. The topological polar surface area (TPSA) is 42.0 Å². The van der Waals surface area contributed by atoms with Crippen molar-refractivity contribution in [3.05, 3.63) is 64.4 Å². The number of nitrogens with zero attached hydrogens (tertiary/aromatic N) is 1.